The third-order valence-electron chi connectivity index (χ3n) is 1.92. The van der Waals surface area contributed by atoms with Crippen LogP contribution in [0.25, 0.3) is 0 Å². The van der Waals surface area contributed by atoms with Gasteiger partial charge in [-0.2, -0.15) is 0 Å². The second-order valence-electron chi connectivity index (χ2n) is 3.53. The third kappa shape index (κ3) is 5.63. The Morgan fingerprint density at radius 1 is 1.29 bits per heavy atom. The van der Waals surface area contributed by atoms with E-state index in [0.29, 0.717) is 5.56 Å². The average molecular weight is 309 g/mol. The fraction of sp³-hybridized carbons (Fsp3) is 0.300. The van der Waals surface area contributed by atoms with Crippen molar-refractivity contribution < 1.29 is 23.1 Å². The molecule has 1 rings (SSSR count). The van der Waals surface area contributed by atoms with E-state index in [0.717, 1.165) is 4.35 Å². The number of carboxylic acid groups (broad SMARTS) is 1. The summed E-state index contributed by atoms with van der Waals surface area (Å²) in [6.07, 6.45) is -6.45. The molecule has 7 heteroatoms. The van der Waals surface area contributed by atoms with E-state index >= 15 is 0 Å². The first kappa shape index (κ1) is 13.9. The van der Waals surface area contributed by atoms with Crippen molar-refractivity contribution in [3.8, 4) is 0 Å². The van der Waals surface area contributed by atoms with Gasteiger partial charge in [0.05, 0.1) is 0 Å². The normalized spacial score (nSPS) is 11.3. The summed E-state index contributed by atoms with van der Waals surface area (Å²) in [4.78, 5) is 10.3. The Bertz CT molecular complexity index is 421. The molecule has 1 unspecified atom stereocenters. The summed E-state index contributed by atoms with van der Waals surface area (Å²) in [6.45, 7) is 0.0119. The Morgan fingerprint density at radius 3 is 2.41 bits per heavy atom. The summed E-state index contributed by atoms with van der Waals surface area (Å²) < 4.78 is 37.4. The topological polar surface area (TPSA) is 49.3 Å². The maximum atomic E-state index is 12.2. The van der Waals surface area contributed by atoms with E-state index in [1.807, 2.05) is 0 Å². The van der Waals surface area contributed by atoms with Crippen molar-refractivity contribution in [1.29, 1.82) is 0 Å². The van der Waals surface area contributed by atoms with E-state index in [1.54, 1.807) is 6.07 Å². The molecule has 1 amide bonds. The van der Waals surface area contributed by atoms with E-state index in [9.17, 15) is 18.0 Å². The Morgan fingerprint density at radius 2 is 1.88 bits per heavy atom. The predicted molar refractivity (Wildman–Crippen MR) is 59.2 cm³/mol. The van der Waals surface area contributed by atoms with Gasteiger partial charge in [0.25, 0.3) is 0 Å². The molecule has 0 aliphatic carbocycles. The number of hydrogen-bond donors (Lipinski definition) is 2. The minimum absolute atomic E-state index is 0.0119. The molecule has 0 fully saturated rings. The van der Waals surface area contributed by atoms with Crippen LogP contribution in [0, 0.1) is 0 Å². The summed E-state index contributed by atoms with van der Waals surface area (Å²) in [5.41, 5.74) is 0.690. The van der Waals surface area contributed by atoms with Crippen LogP contribution < -0.4 is 9.67 Å². The van der Waals surface area contributed by atoms with Crippen LogP contribution in [0.3, 0.4) is 0 Å². The summed E-state index contributed by atoms with van der Waals surface area (Å²) in [6, 6.07) is 4.51. The van der Waals surface area contributed by atoms with Gasteiger partial charge in [0.15, 0.2) is 0 Å². The van der Waals surface area contributed by atoms with Crippen molar-refractivity contribution in [3.63, 3.8) is 0 Å². The molecule has 0 aliphatic rings. The minimum atomic E-state index is -4.25. The van der Waals surface area contributed by atoms with Gasteiger partial charge in [0.2, 0.25) is 0 Å². The van der Waals surface area contributed by atoms with Crippen LogP contribution in [-0.4, -0.2) is 34.2 Å². The Hall–Kier alpha value is -1.16. The quantitative estimate of drug-likeness (QED) is 0.812. The van der Waals surface area contributed by atoms with Crippen molar-refractivity contribution >= 4 is 27.3 Å². The number of carbonyl (C=O) groups is 1. The van der Waals surface area contributed by atoms with E-state index in [-0.39, 0.29) is 12.1 Å². The number of nitrogens with one attached hydrogen (secondary N) is 1. The van der Waals surface area contributed by atoms with E-state index in [1.165, 1.54) is 29.0 Å². The molecular formula is C10H11AsF3NO2. The van der Waals surface area contributed by atoms with Crippen LogP contribution in [0.4, 0.5) is 18.0 Å². The van der Waals surface area contributed by atoms with Gasteiger partial charge in [-0.25, -0.2) is 0 Å². The second-order valence-corrected chi connectivity index (χ2v) is 4.93. The number of amides is 1. The van der Waals surface area contributed by atoms with Crippen LogP contribution >= 0.6 is 0 Å². The zero-order valence-corrected chi connectivity index (χ0v) is 11.1. The van der Waals surface area contributed by atoms with Gasteiger partial charge in [-0.15, -0.1) is 0 Å². The number of halogens is 3. The maximum absolute atomic E-state index is 12.2. The summed E-state index contributed by atoms with van der Waals surface area (Å²) in [7, 11) is 0. The monoisotopic (exact) mass is 309 g/mol. The molecule has 94 valence electrons. The van der Waals surface area contributed by atoms with Crippen molar-refractivity contribution in [2.24, 2.45) is 0 Å². The summed E-state index contributed by atoms with van der Waals surface area (Å²) in [5, 5.41) is 10.5. The molecule has 17 heavy (non-hydrogen) atoms. The van der Waals surface area contributed by atoms with Crippen molar-refractivity contribution in [1.82, 2.24) is 5.32 Å². The Balaban J connectivity index is 2.83. The van der Waals surface area contributed by atoms with Gasteiger partial charge in [0, 0.05) is 0 Å². The van der Waals surface area contributed by atoms with Crippen LogP contribution in [0.5, 0.6) is 0 Å². The molecule has 0 spiro atoms. The number of hydrogen-bond acceptors (Lipinski definition) is 1. The first-order valence-electron chi connectivity index (χ1n) is 4.68. The Labute approximate surface area is 105 Å². The van der Waals surface area contributed by atoms with Gasteiger partial charge < -0.3 is 0 Å². The van der Waals surface area contributed by atoms with Gasteiger partial charge >= 0.3 is 104 Å². The fourth-order valence-electron chi connectivity index (χ4n) is 1.40. The first-order valence-corrected chi connectivity index (χ1v) is 5.89. The molecule has 1 aromatic carbocycles. The molecule has 0 bridgehead atoms. The SMILES string of the molecule is O=C(O)NCc1cc([AsH2])cc(CC(F)(F)F)c1. The molecular weight excluding hydrogens is 298 g/mol. The van der Waals surface area contributed by atoms with Gasteiger partial charge in [-0.05, 0) is 0 Å². The van der Waals surface area contributed by atoms with Crippen molar-refractivity contribution in [2.45, 2.75) is 19.1 Å². The van der Waals surface area contributed by atoms with Gasteiger partial charge in [0.1, 0.15) is 0 Å². The molecule has 0 aliphatic heterocycles. The molecule has 0 saturated carbocycles. The van der Waals surface area contributed by atoms with Crippen LogP contribution in [-0.2, 0) is 13.0 Å². The average Bonchev–Trinajstić information content (AvgIpc) is 2.10. The molecule has 0 heterocycles. The molecule has 0 radical (unpaired) electrons. The van der Waals surface area contributed by atoms with Crippen molar-refractivity contribution in [2.75, 3.05) is 0 Å². The zero-order valence-electron chi connectivity index (χ0n) is 8.71. The van der Waals surface area contributed by atoms with Crippen molar-refractivity contribution in [3.05, 3.63) is 29.3 Å². The van der Waals surface area contributed by atoms with Gasteiger partial charge in [-0.3, -0.25) is 0 Å². The van der Waals surface area contributed by atoms with Gasteiger partial charge in [-0.1, -0.05) is 0 Å². The molecule has 2 N–H and O–H groups in total. The van der Waals surface area contributed by atoms with Crippen LogP contribution in [0.15, 0.2) is 18.2 Å². The van der Waals surface area contributed by atoms with E-state index < -0.39 is 18.7 Å². The van der Waals surface area contributed by atoms with Crippen LogP contribution in [0.2, 0.25) is 0 Å². The second kappa shape index (κ2) is 5.45. The number of rotatable bonds is 3. The standard InChI is InChI=1S/C10H11AsF3NO2/c11-8-2-6(4-10(12,13)14)1-7(3-8)5-15-9(16)17/h1-3,15H,4-5,11H2,(H,16,17). The van der Waals surface area contributed by atoms with E-state index in [4.69, 9.17) is 5.11 Å². The molecule has 3 nitrogen and oxygen atoms in total. The number of benzene rings is 1. The summed E-state index contributed by atoms with van der Waals surface area (Å²) in [5.74, 6) is 0. The first-order chi connectivity index (χ1) is 7.76. The third-order valence-corrected chi connectivity index (χ3v) is 2.62. The molecule has 0 aromatic heterocycles. The zero-order chi connectivity index (χ0) is 13.1. The van der Waals surface area contributed by atoms with E-state index in [2.05, 4.69) is 5.32 Å². The fourth-order valence-corrected chi connectivity index (χ4v) is 2.30. The molecule has 0 saturated heterocycles. The number of alkyl halides is 3. The predicted octanol–water partition coefficient (Wildman–Crippen LogP) is 0.817. The van der Waals surface area contributed by atoms with Crippen LogP contribution in [0.1, 0.15) is 11.1 Å². The molecule has 1 aromatic rings. The molecule has 1 atom stereocenters. The summed E-state index contributed by atoms with van der Waals surface area (Å²) >= 11 is 1.20. The Kier molecular flexibility index (Phi) is 4.45.